The molecule has 0 saturated carbocycles. The Bertz CT molecular complexity index is 2470. The minimum atomic E-state index is -1.23. The van der Waals surface area contributed by atoms with E-state index in [9.17, 15) is 24.3 Å². The van der Waals surface area contributed by atoms with Crippen molar-refractivity contribution in [3.05, 3.63) is 131 Å². The van der Waals surface area contributed by atoms with Crippen molar-refractivity contribution in [2.45, 2.75) is 0 Å². The van der Waals surface area contributed by atoms with Crippen molar-refractivity contribution in [3.63, 3.8) is 0 Å². The van der Waals surface area contributed by atoms with Crippen molar-refractivity contribution in [1.82, 2.24) is 5.32 Å². The summed E-state index contributed by atoms with van der Waals surface area (Å²) in [4.78, 5) is 52.7. The van der Waals surface area contributed by atoms with Crippen LogP contribution in [0.5, 0.6) is 0 Å². The smallest absolute Gasteiger partial charge is 0.336 e. The Morgan fingerprint density at radius 3 is 1.76 bits per heavy atom. The molecule has 0 aliphatic carbocycles. The fraction of sp³-hybridized carbons (Fsp3) is 0. The third-order valence-corrected chi connectivity index (χ3v) is 8.54. The lowest BCUT2D eigenvalue weighted by atomic mass is 9.81. The number of benzene rings is 7. The predicted molar refractivity (Wildman–Crippen MR) is 178 cm³/mol. The van der Waals surface area contributed by atoms with Crippen LogP contribution in [0.4, 0.5) is 11.4 Å². The predicted octanol–water partition coefficient (Wildman–Crippen LogP) is 7.01. The number of para-hydroxylation sites is 2. The summed E-state index contributed by atoms with van der Waals surface area (Å²) < 4.78 is 0. The van der Waals surface area contributed by atoms with Crippen LogP contribution in [-0.2, 0) is 0 Å². The molecule has 0 aromatic heterocycles. The fourth-order valence-corrected chi connectivity index (χ4v) is 6.62. The summed E-state index contributed by atoms with van der Waals surface area (Å²) in [6.07, 6.45) is 0. The summed E-state index contributed by atoms with van der Waals surface area (Å²) in [6.45, 7) is 0. The van der Waals surface area contributed by atoms with Crippen LogP contribution >= 0.6 is 0 Å². The molecule has 0 unspecified atom stereocenters. The molecule has 0 bridgehead atoms. The van der Waals surface area contributed by atoms with Crippen LogP contribution in [-0.4, -0.2) is 34.6 Å². The van der Waals surface area contributed by atoms with E-state index in [0.29, 0.717) is 65.6 Å². The number of aromatic carboxylic acids is 1. The van der Waals surface area contributed by atoms with Gasteiger partial charge in [0, 0.05) is 49.8 Å². The van der Waals surface area contributed by atoms with Crippen molar-refractivity contribution >= 4 is 84.0 Å². The molecule has 3 amide bonds. The summed E-state index contributed by atoms with van der Waals surface area (Å²) in [5.74, 6) is -2.81. The number of nitrogens with one attached hydrogen (secondary N) is 4. The second-order valence-corrected chi connectivity index (χ2v) is 11.1. The minimum Gasteiger partial charge on any atom is -0.478 e. The third-order valence-electron chi connectivity index (χ3n) is 8.54. The SMILES string of the molecule is N=C(Nc1ccccc1)c1cc(C(=O)O)c2c3ccc4c5c(ccc(c6ccc(C(=O)Nc7ccccc7)c1c62)c53)C(=O)NC4=O. The number of hydrogen-bond donors (Lipinski definition) is 5. The van der Waals surface area contributed by atoms with E-state index in [1.54, 1.807) is 72.8 Å². The van der Waals surface area contributed by atoms with Crippen LogP contribution in [0.2, 0.25) is 0 Å². The van der Waals surface area contributed by atoms with Crippen LogP contribution in [0.25, 0.3) is 43.1 Å². The molecule has 0 atom stereocenters. The lowest BCUT2D eigenvalue weighted by Gasteiger charge is -2.23. The lowest BCUT2D eigenvalue weighted by Crippen LogP contribution is -2.34. The quantitative estimate of drug-likeness (QED) is 0.0471. The average molecular weight is 603 g/mol. The van der Waals surface area contributed by atoms with Gasteiger partial charge in [0.1, 0.15) is 5.84 Å². The highest BCUT2D eigenvalue weighted by atomic mass is 16.4. The van der Waals surface area contributed by atoms with Gasteiger partial charge < -0.3 is 15.7 Å². The van der Waals surface area contributed by atoms with Crippen LogP contribution in [0, 0.1) is 5.41 Å². The number of fused-ring (bicyclic) bond motifs is 2. The largest absolute Gasteiger partial charge is 0.478 e. The Labute approximate surface area is 260 Å². The molecule has 46 heavy (non-hydrogen) atoms. The Kier molecular flexibility index (Phi) is 5.84. The van der Waals surface area contributed by atoms with E-state index in [1.807, 2.05) is 24.3 Å². The van der Waals surface area contributed by atoms with E-state index in [0.717, 1.165) is 0 Å². The van der Waals surface area contributed by atoms with E-state index in [4.69, 9.17) is 5.41 Å². The first-order chi connectivity index (χ1) is 22.3. The van der Waals surface area contributed by atoms with E-state index >= 15 is 0 Å². The van der Waals surface area contributed by atoms with Crippen LogP contribution < -0.4 is 16.0 Å². The second kappa shape index (κ2) is 9.96. The monoisotopic (exact) mass is 602 g/mol. The minimum absolute atomic E-state index is 0.0816. The molecular weight excluding hydrogens is 580 g/mol. The molecule has 9 nitrogen and oxygen atoms in total. The van der Waals surface area contributed by atoms with Gasteiger partial charge in [-0.25, -0.2) is 4.79 Å². The Balaban J connectivity index is 1.52. The highest BCUT2D eigenvalue weighted by molar-refractivity contribution is 6.42. The van der Waals surface area contributed by atoms with Crippen molar-refractivity contribution in [3.8, 4) is 0 Å². The highest BCUT2D eigenvalue weighted by Crippen LogP contribution is 2.46. The van der Waals surface area contributed by atoms with Crippen molar-refractivity contribution in [2.24, 2.45) is 0 Å². The van der Waals surface area contributed by atoms with E-state index in [-0.39, 0.29) is 22.5 Å². The van der Waals surface area contributed by atoms with E-state index < -0.39 is 23.7 Å². The zero-order valence-corrected chi connectivity index (χ0v) is 23.9. The second-order valence-electron chi connectivity index (χ2n) is 11.1. The number of carboxylic acids is 1. The van der Waals surface area contributed by atoms with Gasteiger partial charge in [0.25, 0.3) is 17.7 Å². The molecule has 7 aromatic carbocycles. The molecule has 0 spiro atoms. The Morgan fingerprint density at radius 2 is 1.13 bits per heavy atom. The molecule has 8 rings (SSSR count). The molecule has 220 valence electrons. The highest BCUT2D eigenvalue weighted by Gasteiger charge is 2.30. The molecule has 1 heterocycles. The molecular formula is C37H22N4O5. The Morgan fingerprint density at radius 1 is 0.565 bits per heavy atom. The first kappa shape index (κ1) is 27.0. The normalized spacial score (nSPS) is 12.5. The number of imide groups is 1. The molecule has 0 fully saturated rings. The van der Waals surface area contributed by atoms with Gasteiger partial charge in [-0.2, -0.15) is 0 Å². The van der Waals surface area contributed by atoms with Crippen LogP contribution in [0.1, 0.15) is 47.0 Å². The third kappa shape index (κ3) is 3.92. The van der Waals surface area contributed by atoms with Gasteiger partial charge in [-0.1, -0.05) is 54.6 Å². The fourth-order valence-electron chi connectivity index (χ4n) is 6.62. The zero-order chi connectivity index (χ0) is 31.7. The van der Waals surface area contributed by atoms with Gasteiger partial charge in [-0.05, 0) is 75.5 Å². The molecule has 5 N–H and O–H groups in total. The summed E-state index contributed by atoms with van der Waals surface area (Å²) in [6, 6.07) is 29.6. The number of carbonyl (C=O) groups excluding carboxylic acids is 3. The summed E-state index contributed by atoms with van der Waals surface area (Å²) in [5.41, 5.74) is 2.22. The summed E-state index contributed by atoms with van der Waals surface area (Å²) in [7, 11) is 0. The number of amides is 3. The van der Waals surface area contributed by atoms with Crippen molar-refractivity contribution in [2.75, 3.05) is 10.6 Å². The van der Waals surface area contributed by atoms with Gasteiger partial charge in [0.05, 0.1) is 5.56 Å². The van der Waals surface area contributed by atoms with Gasteiger partial charge in [0.2, 0.25) is 0 Å². The lowest BCUT2D eigenvalue weighted by molar-refractivity contribution is 0.0697. The topological polar surface area (TPSA) is 148 Å². The number of anilines is 2. The first-order valence-electron chi connectivity index (χ1n) is 14.4. The number of carbonyl (C=O) groups is 4. The van der Waals surface area contributed by atoms with Gasteiger partial charge >= 0.3 is 5.97 Å². The van der Waals surface area contributed by atoms with Gasteiger partial charge in [-0.15, -0.1) is 0 Å². The standard InChI is InChI=1S/C37H22N4O5/c38-33(39-18-7-3-1-4-8-18)26-17-27(37(45)46)29-22-13-16-24-30-23(35(43)41-36(24)44)14-11-20(28(22)30)21-12-15-25(31(26)32(21)29)34(42)40-19-9-5-2-6-10-19/h1-17H,(H2,38,39)(H,40,42)(H,45,46)(H,41,43,44). The molecule has 7 aromatic rings. The zero-order valence-electron chi connectivity index (χ0n) is 23.9. The molecule has 0 radical (unpaired) electrons. The van der Waals surface area contributed by atoms with Crippen molar-refractivity contribution < 1.29 is 24.3 Å². The maximum atomic E-state index is 14.0. The average Bonchev–Trinajstić information content (AvgIpc) is 3.06. The van der Waals surface area contributed by atoms with Crippen molar-refractivity contribution in [1.29, 1.82) is 5.41 Å². The van der Waals surface area contributed by atoms with E-state index in [2.05, 4.69) is 16.0 Å². The number of rotatable bonds is 5. The van der Waals surface area contributed by atoms with Gasteiger partial charge in [-0.3, -0.25) is 25.1 Å². The van der Waals surface area contributed by atoms with E-state index in [1.165, 1.54) is 6.07 Å². The number of hydrogen-bond acceptors (Lipinski definition) is 5. The van der Waals surface area contributed by atoms with Crippen LogP contribution in [0.3, 0.4) is 0 Å². The molecule has 0 saturated heterocycles. The number of amidine groups is 1. The van der Waals surface area contributed by atoms with Gasteiger partial charge in [0.15, 0.2) is 0 Å². The maximum Gasteiger partial charge on any atom is 0.336 e. The van der Waals surface area contributed by atoms with Crippen LogP contribution in [0.15, 0.2) is 103 Å². The summed E-state index contributed by atoms with van der Waals surface area (Å²) >= 11 is 0. The Hall–Kier alpha value is -6.61. The molecule has 1 aliphatic rings. The molecule has 1 aliphatic heterocycles. The first-order valence-corrected chi connectivity index (χ1v) is 14.4. The maximum absolute atomic E-state index is 14.0. The number of carboxylic acid groups (broad SMARTS) is 1. The molecule has 9 heteroatoms. The summed E-state index contributed by atoms with van der Waals surface area (Å²) in [5, 5.41) is 32.2.